The van der Waals surface area contributed by atoms with Gasteiger partial charge < -0.3 is 10.5 Å². The Morgan fingerprint density at radius 3 is 2.80 bits per heavy atom. The van der Waals surface area contributed by atoms with Crippen LogP contribution in [-0.4, -0.2) is 9.97 Å². The second-order valence-electron chi connectivity index (χ2n) is 5.26. The summed E-state index contributed by atoms with van der Waals surface area (Å²) >= 11 is 0. The minimum atomic E-state index is 0.644. The van der Waals surface area contributed by atoms with Gasteiger partial charge in [-0.25, -0.2) is 9.97 Å². The van der Waals surface area contributed by atoms with Crippen molar-refractivity contribution in [2.24, 2.45) is 0 Å². The van der Waals surface area contributed by atoms with Gasteiger partial charge >= 0.3 is 0 Å². The second-order valence-corrected chi connectivity index (χ2v) is 5.26. The van der Waals surface area contributed by atoms with Crippen LogP contribution >= 0.6 is 0 Å². The van der Waals surface area contributed by atoms with Crippen LogP contribution in [0.4, 0.5) is 5.69 Å². The van der Waals surface area contributed by atoms with Crippen molar-refractivity contribution >= 4 is 5.69 Å². The topological polar surface area (TPSA) is 61.0 Å². The number of ether oxygens (including phenoxy) is 1. The van der Waals surface area contributed by atoms with E-state index in [0.29, 0.717) is 17.3 Å². The van der Waals surface area contributed by atoms with Crippen molar-refractivity contribution in [1.29, 1.82) is 0 Å². The molecule has 20 heavy (non-hydrogen) atoms. The van der Waals surface area contributed by atoms with Crippen molar-refractivity contribution in [2.45, 2.75) is 39.0 Å². The Labute approximate surface area is 119 Å². The number of nitrogens with two attached hydrogens (primary N) is 1. The number of anilines is 1. The van der Waals surface area contributed by atoms with E-state index in [0.717, 1.165) is 29.7 Å². The van der Waals surface area contributed by atoms with Crippen molar-refractivity contribution in [2.75, 3.05) is 5.73 Å². The molecule has 3 rings (SSSR count). The van der Waals surface area contributed by atoms with E-state index >= 15 is 0 Å². The number of hydrogen-bond acceptors (Lipinski definition) is 4. The first-order valence-corrected chi connectivity index (χ1v) is 7.11. The Morgan fingerprint density at radius 1 is 1.10 bits per heavy atom. The first kappa shape index (κ1) is 12.9. The fraction of sp³-hybridized carbons (Fsp3) is 0.375. The number of aromatic nitrogens is 2. The summed E-state index contributed by atoms with van der Waals surface area (Å²) in [4.78, 5) is 8.73. The van der Waals surface area contributed by atoms with E-state index in [1.54, 1.807) is 6.33 Å². The third kappa shape index (κ3) is 2.46. The Bertz CT molecular complexity index is 605. The fourth-order valence-electron chi connectivity index (χ4n) is 2.67. The molecule has 2 aromatic rings. The Balaban J connectivity index is 1.99. The Hall–Kier alpha value is -2.10. The van der Waals surface area contributed by atoms with E-state index in [1.165, 1.54) is 19.3 Å². The van der Waals surface area contributed by atoms with Crippen LogP contribution in [0, 0.1) is 6.92 Å². The summed E-state index contributed by atoms with van der Waals surface area (Å²) in [6.45, 7) is 1.99. The van der Waals surface area contributed by atoms with Crippen molar-refractivity contribution in [1.82, 2.24) is 9.97 Å². The molecule has 0 spiro atoms. The van der Waals surface area contributed by atoms with Gasteiger partial charge in [0.2, 0.25) is 5.88 Å². The van der Waals surface area contributed by atoms with Crippen molar-refractivity contribution < 1.29 is 4.74 Å². The van der Waals surface area contributed by atoms with E-state index in [-0.39, 0.29) is 0 Å². The van der Waals surface area contributed by atoms with Gasteiger partial charge in [-0.15, -0.1) is 0 Å². The van der Waals surface area contributed by atoms with Crippen molar-refractivity contribution in [3.8, 4) is 11.6 Å². The molecule has 0 saturated heterocycles. The fourth-order valence-corrected chi connectivity index (χ4v) is 2.67. The van der Waals surface area contributed by atoms with Gasteiger partial charge in [0.05, 0.1) is 11.4 Å². The summed E-state index contributed by atoms with van der Waals surface area (Å²) in [5.74, 6) is 1.37. The SMILES string of the molecule is Cc1cccc(N)c1Oc1ncnc2c1CCCCC2. The number of benzene rings is 1. The molecule has 1 aromatic heterocycles. The first-order chi connectivity index (χ1) is 9.75. The molecule has 0 fully saturated rings. The van der Waals surface area contributed by atoms with Gasteiger partial charge in [-0.3, -0.25) is 0 Å². The molecule has 1 aliphatic rings. The van der Waals surface area contributed by atoms with E-state index in [4.69, 9.17) is 10.5 Å². The lowest BCUT2D eigenvalue weighted by molar-refractivity contribution is 0.451. The third-order valence-corrected chi connectivity index (χ3v) is 3.78. The standard InChI is InChI=1S/C16H19N3O/c1-11-6-5-8-13(17)15(11)20-16-12-7-3-2-4-9-14(12)18-10-19-16/h5-6,8,10H,2-4,7,9,17H2,1H3. The molecule has 4 nitrogen and oxygen atoms in total. The Morgan fingerprint density at radius 2 is 1.95 bits per heavy atom. The number of aryl methyl sites for hydroxylation is 2. The molecule has 0 aliphatic heterocycles. The number of hydrogen-bond donors (Lipinski definition) is 1. The van der Waals surface area contributed by atoms with Gasteiger partial charge in [-0.05, 0) is 44.2 Å². The van der Waals surface area contributed by atoms with Gasteiger partial charge in [0, 0.05) is 5.56 Å². The molecule has 1 heterocycles. The van der Waals surface area contributed by atoms with Crippen LogP contribution in [0.15, 0.2) is 24.5 Å². The van der Waals surface area contributed by atoms with Crippen molar-refractivity contribution in [3.05, 3.63) is 41.3 Å². The van der Waals surface area contributed by atoms with Crippen LogP contribution < -0.4 is 10.5 Å². The summed E-state index contributed by atoms with van der Waals surface area (Å²) in [5.41, 5.74) is 9.94. The molecule has 0 unspecified atom stereocenters. The van der Waals surface area contributed by atoms with Gasteiger partial charge in [0.15, 0.2) is 5.75 Å². The zero-order chi connectivity index (χ0) is 13.9. The minimum absolute atomic E-state index is 0.644. The normalized spacial score (nSPS) is 14.4. The summed E-state index contributed by atoms with van der Waals surface area (Å²) in [7, 11) is 0. The molecule has 0 radical (unpaired) electrons. The maximum Gasteiger partial charge on any atom is 0.225 e. The summed E-state index contributed by atoms with van der Waals surface area (Å²) in [6.07, 6.45) is 7.18. The number of rotatable bonds is 2. The van der Waals surface area contributed by atoms with E-state index in [9.17, 15) is 0 Å². The summed E-state index contributed by atoms with van der Waals surface area (Å²) < 4.78 is 6.02. The highest BCUT2D eigenvalue weighted by Crippen LogP contribution is 2.33. The van der Waals surface area contributed by atoms with Crippen LogP contribution in [0.3, 0.4) is 0 Å². The summed E-state index contributed by atoms with van der Waals surface area (Å²) in [6, 6.07) is 5.77. The maximum absolute atomic E-state index is 6.02. The van der Waals surface area contributed by atoms with Gasteiger partial charge in [-0.2, -0.15) is 0 Å². The largest absolute Gasteiger partial charge is 0.436 e. The molecule has 1 aliphatic carbocycles. The third-order valence-electron chi connectivity index (χ3n) is 3.78. The quantitative estimate of drug-likeness (QED) is 0.670. The predicted octanol–water partition coefficient (Wildman–Crippen LogP) is 3.43. The van der Waals surface area contributed by atoms with E-state index in [1.807, 2.05) is 25.1 Å². The maximum atomic E-state index is 6.02. The number of nitrogens with zero attached hydrogens (tertiary/aromatic N) is 2. The van der Waals surface area contributed by atoms with Crippen LogP contribution in [0.1, 0.15) is 36.1 Å². The highest BCUT2D eigenvalue weighted by atomic mass is 16.5. The van der Waals surface area contributed by atoms with E-state index < -0.39 is 0 Å². The molecule has 2 N–H and O–H groups in total. The molecule has 0 bridgehead atoms. The monoisotopic (exact) mass is 269 g/mol. The van der Waals surface area contributed by atoms with Crippen molar-refractivity contribution in [3.63, 3.8) is 0 Å². The molecule has 1 aromatic carbocycles. The van der Waals surface area contributed by atoms with Gasteiger partial charge in [0.1, 0.15) is 6.33 Å². The Kier molecular flexibility index (Phi) is 3.54. The molecule has 0 atom stereocenters. The molecular formula is C16H19N3O. The average Bonchev–Trinajstić information content (AvgIpc) is 2.69. The van der Waals surface area contributed by atoms with Crippen LogP contribution in [0.2, 0.25) is 0 Å². The lowest BCUT2D eigenvalue weighted by Crippen LogP contribution is -2.03. The number of para-hydroxylation sites is 1. The second kappa shape index (κ2) is 5.49. The molecule has 0 saturated carbocycles. The minimum Gasteiger partial charge on any atom is -0.436 e. The van der Waals surface area contributed by atoms with E-state index in [2.05, 4.69) is 9.97 Å². The lowest BCUT2D eigenvalue weighted by Gasteiger charge is -2.14. The number of nitrogen functional groups attached to an aromatic ring is 1. The first-order valence-electron chi connectivity index (χ1n) is 7.11. The molecule has 4 heteroatoms. The zero-order valence-electron chi connectivity index (χ0n) is 11.7. The molecule has 0 amide bonds. The highest BCUT2D eigenvalue weighted by molar-refractivity contribution is 5.57. The smallest absolute Gasteiger partial charge is 0.225 e. The average molecular weight is 269 g/mol. The highest BCUT2D eigenvalue weighted by Gasteiger charge is 2.17. The molecule has 104 valence electrons. The number of fused-ring (bicyclic) bond motifs is 1. The zero-order valence-corrected chi connectivity index (χ0v) is 11.7. The van der Waals surface area contributed by atoms with Gasteiger partial charge in [0.25, 0.3) is 0 Å². The van der Waals surface area contributed by atoms with Crippen LogP contribution in [0.5, 0.6) is 11.6 Å². The molecular weight excluding hydrogens is 250 g/mol. The lowest BCUT2D eigenvalue weighted by atomic mass is 10.1. The summed E-state index contributed by atoms with van der Waals surface area (Å²) in [5, 5.41) is 0. The van der Waals surface area contributed by atoms with Crippen LogP contribution in [0.25, 0.3) is 0 Å². The predicted molar refractivity (Wildman–Crippen MR) is 79.0 cm³/mol. The van der Waals surface area contributed by atoms with Gasteiger partial charge in [-0.1, -0.05) is 18.6 Å². The van der Waals surface area contributed by atoms with Crippen LogP contribution in [-0.2, 0) is 12.8 Å².